The lowest BCUT2D eigenvalue weighted by molar-refractivity contribution is 0.974. The van der Waals surface area contributed by atoms with Gasteiger partial charge in [0.1, 0.15) is 11.5 Å². The molecule has 2 aromatic heterocycles. The summed E-state index contributed by atoms with van der Waals surface area (Å²) in [6, 6.07) is 3.92. The molecule has 3 rings (SSSR count). The van der Waals surface area contributed by atoms with Crippen LogP contribution >= 0.6 is 22.6 Å². The quantitative estimate of drug-likeness (QED) is 0.845. The highest BCUT2D eigenvalue weighted by Crippen LogP contribution is 2.42. The highest BCUT2D eigenvalue weighted by atomic mass is 127. The molecule has 0 aliphatic heterocycles. The molecule has 1 aliphatic rings. The van der Waals surface area contributed by atoms with E-state index in [1.54, 1.807) is 6.20 Å². The molecule has 0 spiro atoms. The van der Waals surface area contributed by atoms with Crippen molar-refractivity contribution in [1.82, 2.24) is 15.0 Å². The summed E-state index contributed by atoms with van der Waals surface area (Å²) >= 11 is 2.23. The summed E-state index contributed by atoms with van der Waals surface area (Å²) in [5, 5.41) is 0. The maximum absolute atomic E-state index is 5.99. The van der Waals surface area contributed by atoms with Gasteiger partial charge in [0.25, 0.3) is 0 Å². The van der Waals surface area contributed by atoms with E-state index < -0.39 is 0 Å². The molecule has 2 aromatic rings. The minimum absolute atomic E-state index is 0.560. The predicted molar refractivity (Wildman–Crippen MR) is 79.1 cm³/mol. The minimum atomic E-state index is 0.560. The largest absolute Gasteiger partial charge is 0.383 e. The molecule has 2 heterocycles. The molecular weight excluding hydrogens is 339 g/mol. The van der Waals surface area contributed by atoms with E-state index in [4.69, 9.17) is 5.73 Å². The SMILES string of the molecule is Cc1cccnc1-c1nc(N)c(I)c(C2CC2)n1. The minimum Gasteiger partial charge on any atom is -0.383 e. The Bertz CT molecular complexity index is 608. The third-order valence-corrected chi connectivity index (χ3v) is 4.19. The van der Waals surface area contributed by atoms with Crippen molar-refractivity contribution in [3.63, 3.8) is 0 Å². The van der Waals surface area contributed by atoms with Crippen molar-refractivity contribution < 1.29 is 0 Å². The number of hydrogen-bond donors (Lipinski definition) is 1. The lowest BCUT2D eigenvalue weighted by atomic mass is 10.2. The van der Waals surface area contributed by atoms with Gasteiger partial charge in [-0.15, -0.1) is 0 Å². The van der Waals surface area contributed by atoms with Crippen LogP contribution in [0.3, 0.4) is 0 Å². The average molecular weight is 352 g/mol. The first kappa shape index (κ1) is 11.8. The van der Waals surface area contributed by atoms with E-state index in [0.717, 1.165) is 20.5 Å². The van der Waals surface area contributed by atoms with Gasteiger partial charge < -0.3 is 5.73 Å². The van der Waals surface area contributed by atoms with Gasteiger partial charge in [0.15, 0.2) is 5.82 Å². The lowest BCUT2D eigenvalue weighted by Gasteiger charge is -2.09. The standard InChI is InChI=1S/C13H13IN4/c1-7-3-2-6-16-10(7)13-17-11(8-4-5-8)9(14)12(15)18-13/h2-3,6,8H,4-5H2,1H3,(H2,15,17,18). The summed E-state index contributed by atoms with van der Waals surface area (Å²) in [7, 11) is 0. The summed E-state index contributed by atoms with van der Waals surface area (Å²) in [6.07, 6.45) is 4.16. The van der Waals surface area contributed by atoms with Crippen LogP contribution in [0.15, 0.2) is 18.3 Å². The van der Waals surface area contributed by atoms with Crippen LogP contribution in [0.25, 0.3) is 11.5 Å². The first-order valence-electron chi connectivity index (χ1n) is 5.91. The van der Waals surface area contributed by atoms with Crippen LogP contribution in [0.5, 0.6) is 0 Å². The van der Waals surface area contributed by atoms with E-state index in [0.29, 0.717) is 17.6 Å². The van der Waals surface area contributed by atoms with E-state index in [9.17, 15) is 0 Å². The van der Waals surface area contributed by atoms with E-state index >= 15 is 0 Å². The fraction of sp³-hybridized carbons (Fsp3) is 0.308. The molecule has 0 bridgehead atoms. The van der Waals surface area contributed by atoms with Crippen molar-refractivity contribution in [1.29, 1.82) is 0 Å². The highest BCUT2D eigenvalue weighted by Gasteiger charge is 2.29. The third kappa shape index (κ3) is 2.07. The Hall–Kier alpha value is -1.24. The number of nitrogens with zero attached hydrogens (tertiary/aromatic N) is 3. The average Bonchev–Trinajstić information content (AvgIpc) is 3.17. The molecule has 5 heteroatoms. The number of rotatable bonds is 2. The van der Waals surface area contributed by atoms with Gasteiger partial charge in [0.2, 0.25) is 0 Å². The van der Waals surface area contributed by atoms with Crippen molar-refractivity contribution in [2.45, 2.75) is 25.7 Å². The third-order valence-electron chi connectivity index (χ3n) is 3.09. The van der Waals surface area contributed by atoms with Crippen molar-refractivity contribution in [2.75, 3.05) is 5.73 Å². The van der Waals surface area contributed by atoms with Gasteiger partial charge in [-0.05, 0) is 54.0 Å². The zero-order chi connectivity index (χ0) is 12.7. The Balaban J connectivity index is 2.16. The Kier molecular flexibility index (Phi) is 2.93. The van der Waals surface area contributed by atoms with Gasteiger partial charge in [-0.3, -0.25) is 4.98 Å². The summed E-state index contributed by atoms with van der Waals surface area (Å²) in [6.45, 7) is 2.01. The summed E-state index contributed by atoms with van der Waals surface area (Å²) in [5.74, 6) is 1.77. The Morgan fingerprint density at radius 2 is 2.11 bits per heavy atom. The second-order valence-electron chi connectivity index (χ2n) is 4.57. The number of hydrogen-bond acceptors (Lipinski definition) is 4. The predicted octanol–water partition coefficient (Wildman–Crippen LogP) is 2.91. The molecule has 0 radical (unpaired) electrons. The van der Waals surface area contributed by atoms with Crippen molar-refractivity contribution >= 4 is 28.4 Å². The highest BCUT2D eigenvalue weighted by molar-refractivity contribution is 14.1. The molecule has 1 saturated carbocycles. The molecule has 1 aliphatic carbocycles. The first-order chi connectivity index (χ1) is 8.66. The molecule has 92 valence electrons. The van der Waals surface area contributed by atoms with E-state index in [1.807, 2.05) is 19.1 Å². The van der Waals surface area contributed by atoms with Crippen LogP contribution in [0.1, 0.15) is 30.0 Å². The summed E-state index contributed by atoms with van der Waals surface area (Å²) in [4.78, 5) is 13.4. The van der Waals surface area contributed by atoms with Crippen molar-refractivity contribution in [3.8, 4) is 11.5 Å². The Labute approximate surface area is 119 Å². The topological polar surface area (TPSA) is 64.7 Å². The summed E-state index contributed by atoms with van der Waals surface area (Å²) in [5.41, 5.74) is 8.97. The van der Waals surface area contributed by atoms with Gasteiger partial charge >= 0.3 is 0 Å². The van der Waals surface area contributed by atoms with Gasteiger partial charge in [-0.25, -0.2) is 9.97 Å². The van der Waals surface area contributed by atoms with Crippen LogP contribution in [-0.2, 0) is 0 Å². The molecule has 18 heavy (non-hydrogen) atoms. The van der Waals surface area contributed by atoms with Crippen LogP contribution in [0.4, 0.5) is 5.82 Å². The maximum Gasteiger partial charge on any atom is 0.180 e. The maximum atomic E-state index is 5.99. The Morgan fingerprint density at radius 1 is 1.33 bits per heavy atom. The van der Waals surface area contributed by atoms with Crippen molar-refractivity contribution in [3.05, 3.63) is 33.2 Å². The van der Waals surface area contributed by atoms with Gasteiger partial charge in [-0.1, -0.05) is 6.07 Å². The van der Waals surface area contributed by atoms with Gasteiger partial charge in [0, 0.05) is 12.1 Å². The number of halogens is 1. The van der Waals surface area contributed by atoms with E-state index in [1.165, 1.54) is 12.8 Å². The fourth-order valence-electron chi connectivity index (χ4n) is 1.94. The normalized spacial score (nSPS) is 14.8. The zero-order valence-corrected chi connectivity index (χ0v) is 12.2. The number of aromatic nitrogens is 3. The van der Waals surface area contributed by atoms with Crippen molar-refractivity contribution in [2.24, 2.45) is 0 Å². The monoisotopic (exact) mass is 352 g/mol. The lowest BCUT2D eigenvalue weighted by Crippen LogP contribution is -2.05. The molecule has 0 amide bonds. The van der Waals surface area contributed by atoms with Gasteiger partial charge in [0.05, 0.1) is 9.26 Å². The number of anilines is 1. The molecule has 0 atom stereocenters. The zero-order valence-electron chi connectivity index (χ0n) is 10.0. The molecule has 4 nitrogen and oxygen atoms in total. The number of nitrogen functional groups attached to an aromatic ring is 1. The fourth-order valence-corrected chi connectivity index (χ4v) is 2.62. The molecule has 2 N–H and O–H groups in total. The summed E-state index contributed by atoms with van der Waals surface area (Å²) < 4.78 is 0.993. The van der Waals surface area contributed by atoms with Crippen LogP contribution in [0, 0.1) is 10.5 Å². The number of pyridine rings is 1. The molecular formula is C13H13IN4. The Morgan fingerprint density at radius 3 is 2.78 bits per heavy atom. The number of nitrogens with two attached hydrogens (primary N) is 1. The number of aryl methyl sites for hydroxylation is 1. The van der Waals surface area contributed by atoms with Crippen LogP contribution in [0.2, 0.25) is 0 Å². The first-order valence-corrected chi connectivity index (χ1v) is 6.99. The van der Waals surface area contributed by atoms with Gasteiger partial charge in [-0.2, -0.15) is 0 Å². The second-order valence-corrected chi connectivity index (χ2v) is 5.65. The van der Waals surface area contributed by atoms with E-state index in [-0.39, 0.29) is 0 Å². The molecule has 0 saturated heterocycles. The smallest absolute Gasteiger partial charge is 0.180 e. The molecule has 1 fully saturated rings. The molecule has 0 unspecified atom stereocenters. The second kappa shape index (κ2) is 4.46. The molecule has 0 aromatic carbocycles. The van der Waals surface area contributed by atoms with E-state index in [2.05, 4.69) is 37.5 Å². The van der Waals surface area contributed by atoms with Crippen LogP contribution in [-0.4, -0.2) is 15.0 Å². The van der Waals surface area contributed by atoms with Crippen LogP contribution < -0.4 is 5.73 Å².